The fourth-order valence-corrected chi connectivity index (χ4v) is 1.33. The van der Waals surface area contributed by atoms with Gasteiger partial charge in [-0.3, -0.25) is 0 Å². The number of ether oxygens (including phenoxy) is 2. The first-order chi connectivity index (χ1) is 8.76. The van der Waals surface area contributed by atoms with Crippen molar-refractivity contribution in [2.24, 2.45) is 0 Å². The Balaban J connectivity index is 2.21. The van der Waals surface area contributed by atoms with Crippen molar-refractivity contribution in [3.8, 4) is 0 Å². The number of rotatable bonds is 9. The maximum absolute atomic E-state index is 9.11. The highest BCUT2D eigenvalue weighted by molar-refractivity contribution is 5.13. The highest BCUT2D eigenvalue weighted by Crippen LogP contribution is 2.04. The molecule has 0 amide bonds. The van der Waals surface area contributed by atoms with Gasteiger partial charge in [-0.05, 0) is 5.56 Å². The van der Waals surface area contributed by atoms with E-state index in [0.29, 0.717) is 6.61 Å². The van der Waals surface area contributed by atoms with Crippen LogP contribution in [-0.2, 0) is 16.1 Å². The van der Waals surface area contributed by atoms with Crippen LogP contribution in [0.5, 0.6) is 0 Å². The Labute approximate surface area is 107 Å². The molecule has 1 rings (SSSR count). The first kappa shape index (κ1) is 15.1. The maximum atomic E-state index is 9.11. The molecule has 5 nitrogen and oxygen atoms in total. The monoisotopic (exact) mass is 256 g/mol. The molecular formula is C13H20O5. The average molecular weight is 256 g/mol. The van der Waals surface area contributed by atoms with Crippen molar-refractivity contribution in [2.75, 3.05) is 26.4 Å². The molecule has 0 aliphatic heterocycles. The number of hydrogen-bond donors (Lipinski definition) is 3. The molecule has 2 atom stereocenters. The fraction of sp³-hybridized carbons (Fsp3) is 0.538. The van der Waals surface area contributed by atoms with E-state index >= 15 is 0 Å². The number of aliphatic hydroxyl groups excluding tert-OH is 3. The first-order valence-electron chi connectivity index (χ1n) is 5.89. The van der Waals surface area contributed by atoms with Gasteiger partial charge >= 0.3 is 0 Å². The van der Waals surface area contributed by atoms with E-state index in [9.17, 15) is 0 Å². The summed E-state index contributed by atoms with van der Waals surface area (Å²) in [6.07, 6.45) is -1.32. The van der Waals surface area contributed by atoms with Crippen molar-refractivity contribution in [2.45, 2.75) is 18.8 Å². The molecule has 1 aromatic rings. The van der Waals surface area contributed by atoms with E-state index in [1.54, 1.807) is 0 Å². The van der Waals surface area contributed by atoms with Crippen LogP contribution in [0.1, 0.15) is 5.56 Å². The lowest BCUT2D eigenvalue weighted by atomic mass is 10.2. The number of hydrogen-bond acceptors (Lipinski definition) is 5. The van der Waals surface area contributed by atoms with Crippen molar-refractivity contribution in [3.63, 3.8) is 0 Å². The molecule has 102 valence electrons. The molecule has 0 spiro atoms. The van der Waals surface area contributed by atoms with Gasteiger partial charge in [0.05, 0.1) is 33.0 Å². The van der Waals surface area contributed by atoms with Crippen LogP contribution < -0.4 is 0 Å². The number of benzene rings is 1. The Morgan fingerprint density at radius 1 is 1.00 bits per heavy atom. The van der Waals surface area contributed by atoms with Gasteiger partial charge < -0.3 is 24.8 Å². The van der Waals surface area contributed by atoms with Gasteiger partial charge in [0.1, 0.15) is 12.2 Å². The quantitative estimate of drug-likeness (QED) is 0.576. The molecule has 18 heavy (non-hydrogen) atoms. The Kier molecular flexibility index (Phi) is 7.55. The average Bonchev–Trinajstić information content (AvgIpc) is 2.43. The van der Waals surface area contributed by atoms with E-state index in [-0.39, 0.29) is 26.4 Å². The molecular weight excluding hydrogens is 236 g/mol. The van der Waals surface area contributed by atoms with Crippen molar-refractivity contribution >= 4 is 0 Å². The predicted octanol–water partition coefficient (Wildman–Crippen LogP) is -0.0661. The topological polar surface area (TPSA) is 79.2 Å². The van der Waals surface area contributed by atoms with Crippen LogP contribution in [0.25, 0.3) is 0 Å². The van der Waals surface area contributed by atoms with Crippen LogP contribution in [0.15, 0.2) is 30.3 Å². The highest BCUT2D eigenvalue weighted by Gasteiger charge is 2.10. The van der Waals surface area contributed by atoms with Crippen LogP contribution in [0.3, 0.4) is 0 Å². The van der Waals surface area contributed by atoms with Crippen molar-refractivity contribution < 1.29 is 24.8 Å². The molecule has 1 aromatic carbocycles. The van der Waals surface area contributed by atoms with Crippen molar-refractivity contribution in [1.82, 2.24) is 0 Å². The van der Waals surface area contributed by atoms with Crippen LogP contribution >= 0.6 is 0 Å². The van der Waals surface area contributed by atoms with E-state index in [2.05, 4.69) is 0 Å². The molecule has 0 aromatic heterocycles. The summed E-state index contributed by atoms with van der Waals surface area (Å²) in [5.41, 5.74) is 1.02. The van der Waals surface area contributed by atoms with Crippen molar-refractivity contribution in [3.05, 3.63) is 35.9 Å². The lowest BCUT2D eigenvalue weighted by Crippen LogP contribution is -2.27. The molecule has 0 radical (unpaired) electrons. The second-order valence-electron chi connectivity index (χ2n) is 3.98. The summed E-state index contributed by atoms with van der Waals surface area (Å²) in [5, 5.41) is 26.8. The minimum atomic E-state index is -0.890. The SMILES string of the molecule is OCC(O)COCC(CO)OCc1ccccc1. The van der Waals surface area contributed by atoms with Crippen LogP contribution in [0, 0.1) is 0 Å². The second kappa shape index (κ2) is 9.02. The van der Waals surface area contributed by atoms with E-state index in [1.807, 2.05) is 30.3 Å². The largest absolute Gasteiger partial charge is 0.394 e. The third kappa shape index (κ3) is 6.09. The summed E-state index contributed by atoms with van der Waals surface area (Å²) < 4.78 is 10.6. The van der Waals surface area contributed by atoms with Gasteiger partial charge in [0.25, 0.3) is 0 Å². The van der Waals surface area contributed by atoms with E-state index in [4.69, 9.17) is 24.8 Å². The van der Waals surface area contributed by atoms with Gasteiger partial charge in [-0.25, -0.2) is 0 Å². The zero-order valence-electron chi connectivity index (χ0n) is 10.2. The smallest absolute Gasteiger partial charge is 0.104 e. The summed E-state index contributed by atoms with van der Waals surface area (Å²) in [4.78, 5) is 0. The molecule has 3 N–H and O–H groups in total. The molecule has 0 saturated heterocycles. The minimum Gasteiger partial charge on any atom is -0.394 e. The first-order valence-corrected chi connectivity index (χ1v) is 5.89. The van der Waals surface area contributed by atoms with E-state index < -0.39 is 12.2 Å². The van der Waals surface area contributed by atoms with Gasteiger partial charge in [0, 0.05) is 0 Å². The Morgan fingerprint density at radius 3 is 2.33 bits per heavy atom. The van der Waals surface area contributed by atoms with E-state index in [1.165, 1.54) is 0 Å². The maximum Gasteiger partial charge on any atom is 0.104 e. The fourth-order valence-electron chi connectivity index (χ4n) is 1.33. The molecule has 0 aliphatic carbocycles. The molecule has 2 unspecified atom stereocenters. The normalized spacial score (nSPS) is 14.4. The number of aliphatic hydroxyl groups is 3. The van der Waals surface area contributed by atoms with Gasteiger partial charge in [0.2, 0.25) is 0 Å². The molecule has 0 heterocycles. The Bertz CT molecular complexity index is 304. The summed E-state index contributed by atoms with van der Waals surface area (Å²) in [5.74, 6) is 0. The summed E-state index contributed by atoms with van der Waals surface area (Å²) in [6.45, 7) is 0.122. The standard InChI is InChI=1S/C13H20O5/c14-6-12(16)9-17-10-13(7-15)18-8-11-4-2-1-3-5-11/h1-5,12-16H,6-10H2. The third-order valence-electron chi connectivity index (χ3n) is 2.36. The molecule has 0 aliphatic rings. The minimum absolute atomic E-state index is 0.0295. The second-order valence-corrected chi connectivity index (χ2v) is 3.98. The molecule has 0 saturated carbocycles. The summed E-state index contributed by atoms with van der Waals surface area (Å²) in [6, 6.07) is 9.63. The lowest BCUT2D eigenvalue weighted by Gasteiger charge is -2.16. The summed E-state index contributed by atoms with van der Waals surface area (Å²) >= 11 is 0. The van der Waals surface area contributed by atoms with Crippen LogP contribution in [0.2, 0.25) is 0 Å². The zero-order valence-corrected chi connectivity index (χ0v) is 10.2. The van der Waals surface area contributed by atoms with Gasteiger partial charge in [-0.2, -0.15) is 0 Å². The van der Waals surface area contributed by atoms with Gasteiger partial charge in [-0.1, -0.05) is 30.3 Å². The Hall–Kier alpha value is -0.980. The van der Waals surface area contributed by atoms with Gasteiger partial charge in [0.15, 0.2) is 0 Å². The third-order valence-corrected chi connectivity index (χ3v) is 2.36. The summed E-state index contributed by atoms with van der Waals surface area (Å²) in [7, 11) is 0. The van der Waals surface area contributed by atoms with Crippen molar-refractivity contribution in [1.29, 1.82) is 0 Å². The molecule has 0 bridgehead atoms. The van der Waals surface area contributed by atoms with E-state index in [0.717, 1.165) is 5.56 Å². The zero-order chi connectivity index (χ0) is 13.2. The molecule has 0 fully saturated rings. The lowest BCUT2D eigenvalue weighted by molar-refractivity contribution is -0.0696. The molecule has 5 heteroatoms. The highest BCUT2D eigenvalue weighted by atomic mass is 16.5. The van der Waals surface area contributed by atoms with Crippen LogP contribution in [0.4, 0.5) is 0 Å². The van der Waals surface area contributed by atoms with Gasteiger partial charge in [-0.15, -0.1) is 0 Å². The van der Waals surface area contributed by atoms with Crippen LogP contribution in [-0.4, -0.2) is 54.0 Å². The Morgan fingerprint density at radius 2 is 1.72 bits per heavy atom. The predicted molar refractivity (Wildman–Crippen MR) is 66.0 cm³/mol.